The van der Waals surface area contributed by atoms with E-state index in [4.69, 9.17) is 10.00 Å². The third-order valence-corrected chi connectivity index (χ3v) is 5.78. The fourth-order valence-electron chi connectivity index (χ4n) is 3.96. The second-order valence-corrected chi connectivity index (χ2v) is 8.22. The summed E-state index contributed by atoms with van der Waals surface area (Å²) < 4.78 is 45.0. The fourth-order valence-corrected chi connectivity index (χ4v) is 3.96. The van der Waals surface area contributed by atoms with Crippen LogP contribution in [0.4, 0.5) is 19.0 Å². The van der Waals surface area contributed by atoms with E-state index in [1.54, 1.807) is 24.0 Å². The molecule has 13 heteroatoms. The molecule has 2 fully saturated rings. The Kier molecular flexibility index (Phi) is 8.65. The van der Waals surface area contributed by atoms with Crippen LogP contribution in [0, 0.1) is 17.2 Å². The number of nitrogens with zero attached hydrogens (tertiary/aromatic N) is 4. The first-order chi connectivity index (χ1) is 16.2. The Labute approximate surface area is 195 Å². The maximum absolute atomic E-state index is 13.1. The number of alkyl halides is 3. The molecule has 1 aromatic rings. The summed E-state index contributed by atoms with van der Waals surface area (Å²) in [5.41, 5.74) is 4.94. The van der Waals surface area contributed by atoms with Crippen molar-refractivity contribution in [2.45, 2.75) is 31.7 Å². The van der Waals surface area contributed by atoms with Crippen molar-refractivity contribution in [2.75, 3.05) is 50.8 Å². The van der Waals surface area contributed by atoms with Gasteiger partial charge in [-0.3, -0.25) is 15.0 Å². The van der Waals surface area contributed by atoms with Gasteiger partial charge in [-0.25, -0.2) is 10.4 Å². The minimum Gasteiger partial charge on any atom is -0.377 e. The summed E-state index contributed by atoms with van der Waals surface area (Å²) in [6.45, 7) is 4.20. The van der Waals surface area contributed by atoms with Crippen LogP contribution >= 0.6 is 0 Å². The molecule has 0 saturated carbocycles. The molecule has 2 aliphatic rings. The molecule has 10 nitrogen and oxygen atoms in total. The highest BCUT2D eigenvalue weighted by Crippen LogP contribution is 2.30. The van der Waals surface area contributed by atoms with Crippen LogP contribution in [0.3, 0.4) is 0 Å². The molecule has 2 amide bonds. The van der Waals surface area contributed by atoms with Crippen molar-refractivity contribution in [3.05, 3.63) is 23.9 Å². The Morgan fingerprint density at radius 1 is 1.35 bits per heavy atom. The lowest BCUT2D eigenvalue weighted by Gasteiger charge is -2.36. The van der Waals surface area contributed by atoms with Crippen molar-refractivity contribution >= 4 is 17.6 Å². The molecule has 3 atom stereocenters. The van der Waals surface area contributed by atoms with Crippen LogP contribution < -0.4 is 21.1 Å². The number of carbonyl (C=O) groups excluding carboxylic acids is 2. The number of amides is 2. The van der Waals surface area contributed by atoms with Gasteiger partial charge in [-0.05, 0) is 19.1 Å². The predicted molar refractivity (Wildman–Crippen MR) is 115 cm³/mol. The maximum atomic E-state index is 13.1. The second kappa shape index (κ2) is 11.5. The van der Waals surface area contributed by atoms with E-state index in [0.717, 1.165) is 5.82 Å². The first-order valence-electron chi connectivity index (χ1n) is 11.0. The van der Waals surface area contributed by atoms with Gasteiger partial charge in [0.15, 0.2) is 5.92 Å². The van der Waals surface area contributed by atoms with E-state index in [1.807, 2.05) is 16.4 Å². The van der Waals surface area contributed by atoms with Gasteiger partial charge in [-0.2, -0.15) is 18.4 Å². The molecule has 3 rings (SSSR count). The molecule has 0 aromatic carbocycles. The first kappa shape index (κ1) is 25.7. The van der Waals surface area contributed by atoms with Crippen LogP contribution in [0.2, 0.25) is 0 Å². The highest BCUT2D eigenvalue weighted by Gasteiger charge is 2.51. The van der Waals surface area contributed by atoms with E-state index in [-0.39, 0.29) is 32.0 Å². The first-order valence-corrected chi connectivity index (χ1v) is 11.0. The molecule has 34 heavy (non-hydrogen) atoms. The van der Waals surface area contributed by atoms with E-state index in [9.17, 15) is 22.8 Å². The number of anilines is 1. The van der Waals surface area contributed by atoms with Gasteiger partial charge in [0, 0.05) is 51.5 Å². The number of pyridine rings is 1. The average Bonchev–Trinajstić information content (AvgIpc) is 2.81. The number of piperazine rings is 1. The largest absolute Gasteiger partial charge is 0.402 e. The summed E-state index contributed by atoms with van der Waals surface area (Å²) >= 11 is 0. The van der Waals surface area contributed by atoms with E-state index in [2.05, 4.69) is 15.7 Å². The van der Waals surface area contributed by atoms with Gasteiger partial charge in [0.1, 0.15) is 11.9 Å². The van der Waals surface area contributed by atoms with Gasteiger partial charge < -0.3 is 19.9 Å². The van der Waals surface area contributed by atoms with Crippen molar-refractivity contribution < 1.29 is 27.5 Å². The van der Waals surface area contributed by atoms with Crippen molar-refractivity contribution in [1.82, 2.24) is 26.1 Å². The zero-order valence-electron chi connectivity index (χ0n) is 18.8. The molecule has 2 saturated heterocycles. The monoisotopic (exact) mass is 483 g/mol. The van der Waals surface area contributed by atoms with Crippen molar-refractivity contribution in [3.63, 3.8) is 0 Å². The molecular formula is C21H28F3N7O3. The predicted octanol–water partition coefficient (Wildman–Crippen LogP) is 0.168. The normalized spacial score (nSPS) is 22.1. The molecule has 3 N–H and O–H groups in total. The molecule has 0 spiro atoms. The summed E-state index contributed by atoms with van der Waals surface area (Å²) in [5, 5.41) is 11.6. The third-order valence-electron chi connectivity index (χ3n) is 5.78. The minimum absolute atomic E-state index is 0.0572. The number of aromatic nitrogens is 1. The molecule has 2 aliphatic heterocycles. The number of hydrogen-bond acceptors (Lipinski definition) is 8. The number of carbonyl (C=O) groups is 2. The van der Waals surface area contributed by atoms with Crippen molar-refractivity contribution in [1.29, 1.82) is 5.26 Å². The fraction of sp³-hybridized carbons (Fsp3) is 0.619. The Morgan fingerprint density at radius 3 is 2.71 bits per heavy atom. The van der Waals surface area contributed by atoms with E-state index in [0.29, 0.717) is 31.7 Å². The van der Waals surface area contributed by atoms with Gasteiger partial charge in [0.05, 0.1) is 24.7 Å². The van der Waals surface area contributed by atoms with Gasteiger partial charge in [-0.1, -0.05) is 0 Å². The Balaban J connectivity index is 1.36. The molecule has 0 radical (unpaired) electrons. The number of hydrazine groups is 1. The Morgan fingerprint density at radius 2 is 2.09 bits per heavy atom. The Bertz CT molecular complexity index is 883. The second-order valence-electron chi connectivity index (χ2n) is 8.22. The summed E-state index contributed by atoms with van der Waals surface area (Å²) in [5.74, 6) is -2.55. The number of hydrogen-bond donors (Lipinski definition) is 3. The van der Waals surface area contributed by atoms with Crippen LogP contribution in [-0.4, -0.2) is 85.9 Å². The quantitative estimate of drug-likeness (QED) is 0.448. The summed E-state index contributed by atoms with van der Waals surface area (Å²) in [6, 6.07) is 4.42. The zero-order chi connectivity index (χ0) is 24.7. The number of ether oxygens (including phenoxy) is 1. The minimum atomic E-state index is -4.65. The SMILES string of the molecule is C[C@@H](CC(=O)N1CCN(c2ccc(C#N)cn2)CC1)OCCNC1CNNC(=O)C1C(F)(F)F. The smallest absolute Gasteiger partial charge is 0.377 e. The molecule has 1 aromatic heterocycles. The van der Waals surface area contributed by atoms with Gasteiger partial charge in [0.25, 0.3) is 0 Å². The molecule has 3 heterocycles. The lowest BCUT2D eigenvalue weighted by Crippen LogP contribution is -2.63. The van der Waals surface area contributed by atoms with Gasteiger partial charge in [0.2, 0.25) is 11.8 Å². The lowest BCUT2D eigenvalue weighted by molar-refractivity contribution is -0.192. The van der Waals surface area contributed by atoms with Crippen molar-refractivity contribution in [2.24, 2.45) is 5.92 Å². The maximum Gasteiger partial charge on any atom is 0.402 e. The lowest BCUT2D eigenvalue weighted by atomic mass is 9.96. The summed E-state index contributed by atoms with van der Waals surface area (Å²) in [6.07, 6.45) is -3.37. The number of rotatable bonds is 8. The van der Waals surface area contributed by atoms with Crippen LogP contribution in [-0.2, 0) is 14.3 Å². The zero-order valence-corrected chi connectivity index (χ0v) is 18.8. The summed E-state index contributed by atoms with van der Waals surface area (Å²) in [7, 11) is 0. The highest BCUT2D eigenvalue weighted by atomic mass is 19.4. The van der Waals surface area contributed by atoms with E-state index < -0.39 is 30.1 Å². The van der Waals surface area contributed by atoms with Crippen LogP contribution in [0.1, 0.15) is 18.9 Å². The molecular weight excluding hydrogens is 455 g/mol. The molecule has 0 aliphatic carbocycles. The molecule has 2 unspecified atom stereocenters. The highest BCUT2D eigenvalue weighted by molar-refractivity contribution is 5.80. The summed E-state index contributed by atoms with van der Waals surface area (Å²) in [4.78, 5) is 32.2. The van der Waals surface area contributed by atoms with E-state index in [1.165, 1.54) is 6.20 Å². The van der Waals surface area contributed by atoms with E-state index >= 15 is 0 Å². The molecule has 186 valence electrons. The number of nitriles is 1. The third kappa shape index (κ3) is 6.78. The molecule has 0 bridgehead atoms. The average molecular weight is 483 g/mol. The standard InChI is InChI=1S/C21H28F3N7O3/c1-14(34-9-4-26-16-13-28-29-20(33)19(16)21(22,23)24)10-18(32)31-7-5-30(6-8-31)17-3-2-15(11-25)12-27-17/h2-3,12,14,16,19,26,28H,4-10,13H2,1H3,(H,29,33)/t14-,16?,19?/m0/s1. The van der Waals surface area contributed by atoms with Crippen molar-refractivity contribution in [3.8, 4) is 6.07 Å². The number of nitrogens with one attached hydrogen (secondary N) is 3. The van der Waals surface area contributed by atoms with Crippen LogP contribution in [0.25, 0.3) is 0 Å². The van der Waals surface area contributed by atoms with Crippen LogP contribution in [0.5, 0.6) is 0 Å². The topological polar surface area (TPSA) is 123 Å². The van der Waals surface area contributed by atoms with Gasteiger partial charge in [-0.15, -0.1) is 0 Å². The number of halogens is 3. The van der Waals surface area contributed by atoms with Crippen LogP contribution in [0.15, 0.2) is 18.3 Å². The Hall–Kier alpha value is -2.95. The van der Waals surface area contributed by atoms with Gasteiger partial charge >= 0.3 is 6.18 Å².